The van der Waals surface area contributed by atoms with Gasteiger partial charge in [0.2, 0.25) is 0 Å². The summed E-state index contributed by atoms with van der Waals surface area (Å²) >= 11 is 0. The van der Waals surface area contributed by atoms with Crippen molar-refractivity contribution in [3.63, 3.8) is 0 Å². The number of carboxylic acid groups (broad SMARTS) is 1. The van der Waals surface area contributed by atoms with Crippen LogP contribution in [0.1, 0.15) is 21.6 Å². The van der Waals surface area contributed by atoms with E-state index in [0.29, 0.717) is 12.1 Å². The first-order chi connectivity index (χ1) is 7.77. The van der Waals surface area contributed by atoms with Crippen molar-refractivity contribution in [1.29, 1.82) is 0 Å². The van der Waals surface area contributed by atoms with Gasteiger partial charge in [-0.25, -0.2) is 0 Å². The summed E-state index contributed by atoms with van der Waals surface area (Å²) in [5, 5.41) is 10.9. The van der Waals surface area contributed by atoms with E-state index < -0.39 is 5.97 Å². The normalized spacial score (nSPS) is 10.0. The highest BCUT2D eigenvalue weighted by Crippen LogP contribution is 2.10. The second-order valence-corrected chi connectivity index (χ2v) is 3.45. The van der Waals surface area contributed by atoms with E-state index in [9.17, 15) is 9.90 Å². The average Bonchev–Trinajstić information content (AvgIpc) is 2.31. The standard InChI is InChI=1S/C13H11NO2/c15-13(16)11-7-4-8-14-12(11)9-10-5-2-1-3-6-10/h1-8H,9H2,(H,15,16)/p-1. The number of hydrogen-bond acceptors (Lipinski definition) is 3. The predicted molar refractivity (Wildman–Crippen MR) is 57.8 cm³/mol. The number of hydrogen-bond donors (Lipinski definition) is 0. The lowest BCUT2D eigenvalue weighted by molar-refractivity contribution is -0.255. The van der Waals surface area contributed by atoms with Gasteiger partial charge in [0.1, 0.15) is 0 Å². The Morgan fingerprint density at radius 2 is 1.88 bits per heavy atom. The minimum atomic E-state index is -1.18. The van der Waals surface area contributed by atoms with Gasteiger partial charge in [0.05, 0.1) is 11.7 Å². The van der Waals surface area contributed by atoms with Crippen LogP contribution in [0.15, 0.2) is 48.7 Å². The Morgan fingerprint density at radius 1 is 1.12 bits per heavy atom. The summed E-state index contributed by atoms with van der Waals surface area (Å²) in [5.74, 6) is -1.18. The monoisotopic (exact) mass is 212 g/mol. The molecule has 0 aliphatic heterocycles. The Balaban J connectivity index is 2.31. The molecule has 0 aliphatic carbocycles. The lowest BCUT2D eigenvalue weighted by Gasteiger charge is -2.08. The molecule has 3 nitrogen and oxygen atoms in total. The molecule has 80 valence electrons. The SMILES string of the molecule is O=C([O-])c1cccnc1Cc1ccccc1. The molecule has 1 aromatic carbocycles. The zero-order valence-electron chi connectivity index (χ0n) is 8.59. The number of carbonyl (C=O) groups excluding carboxylic acids is 1. The number of carboxylic acids is 1. The van der Waals surface area contributed by atoms with Crippen LogP contribution in [0.25, 0.3) is 0 Å². The molecule has 2 aromatic rings. The maximum atomic E-state index is 10.9. The molecule has 0 spiro atoms. The molecular formula is C13H10NO2-. The number of pyridine rings is 1. The van der Waals surface area contributed by atoms with Crippen molar-refractivity contribution in [2.75, 3.05) is 0 Å². The smallest absolute Gasteiger partial charge is 0.0733 e. The fourth-order valence-electron chi connectivity index (χ4n) is 1.55. The first-order valence-corrected chi connectivity index (χ1v) is 4.96. The summed E-state index contributed by atoms with van der Waals surface area (Å²) < 4.78 is 0. The van der Waals surface area contributed by atoms with E-state index in [-0.39, 0.29) is 5.56 Å². The summed E-state index contributed by atoms with van der Waals surface area (Å²) in [6.07, 6.45) is 2.09. The van der Waals surface area contributed by atoms with Gasteiger partial charge >= 0.3 is 0 Å². The Morgan fingerprint density at radius 3 is 2.56 bits per heavy atom. The maximum Gasteiger partial charge on any atom is 0.0733 e. The average molecular weight is 212 g/mol. The minimum absolute atomic E-state index is 0.159. The molecule has 3 heteroatoms. The summed E-state index contributed by atoms with van der Waals surface area (Å²) in [6.45, 7) is 0. The highest BCUT2D eigenvalue weighted by molar-refractivity contribution is 5.87. The molecule has 0 amide bonds. The molecule has 16 heavy (non-hydrogen) atoms. The highest BCUT2D eigenvalue weighted by Gasteiger charge is 2.04. The van der Waals surface area contributed by atoms with Gasteiger partial charge in [-0.1, -0.05) is 30.3 Å². The van der Waals surface area contributed by atoms with Crippen molar-refractivity contribution in [2.24, 2.45) is 0 Å². The van der Waals surface area contributed by atoms with Gasteiger partial charge in [-0.3, -0.25) is 4.98 Å². The lowest BCUT2D eigenvalue weighted by Crippen LogP contribution is -2.24. The highest BCUT2D eigenvalue weighted by atomic mass is 16.4. The largest absolute Gasteiger partial charge is 0.545 e. The zero-order valence-corrected chi connectivity index (χ0v) is 8.59. The van der Waals surface area contributed by atoms with Crippen LogP contribution in [0.4, 0.5) is 0 Å². The van der Waals surface area contributed by atoms with Crippen molar-refractivity contribution in [3.8, 4) is 0 Å². The second kappa shape index (κ2) is 4.57. The van der Waals surface area contributed by atoms with E-state index in [1.807, 2.05) is 30.3 Å². The molecule has 0 aliphatic rings. The van der Waals surface area contributed by atoms with Gasteiger partial charge in [0.15, 0.2) is 0 Å². The van der Waals surface area contributed by atoms with Crippen LogP contribution in [0.3, 0.4) is 0 Å². The van der Waals surface area contributed by atoms with E-state index in [1.165, 1.54) is 6.07 Å². The summed E-state index contributed by atoms with van der Waals surface area (Å²) in [6, 6.07) is 12.7. The van der Waals surface area contributed by atoms with Gasteiger partial charge in [0, 0.05) is 18.2 Å². The molecular weight excluding hydrogens is 202 g/mol. The fourth-order valence-corrected chi connectivity index (χ4v) is 1.55. The molecule has 0 atom stereocenters. The fraction of sp³-hybridized carbons (Fsp3) is 0.0769. The van der Waals surface area contributed by atoms with Gasteiger partial charge in [-0.05, 0) is 17.7 Å². The Kier molecular flexibility index (Phi) is 2.96. The minimum Gasteiger partial charge on any atom is -0.545 e. The van der Waals surface area contributed by atoms with Crippen LogP contribution in [-0.2, 0) is 6.42 Å². The summed E-state index contributed by atoms with van der Waals surface area (Å²) in [5.41, 5.74) is 1.73. The quantitative estimate of drug-likeness (QED) is 0.763. The molecule has 0 radical (unpaired) electrons. The molecule has 0 saturated heterocycles. The molecule has 0 saturated carbocycles. The number of carbonyl (C=O) groups is 1. The Bertz CT molecular complexity index is 494. The van der Waals surface area contributed by atoms with Crippen LogP contribution < -0.4 is 5.11 Å². The third-order valence-electron chi connectivity index (χ3n) is 2.32. The lowest BCUT2D eigenvalue weighted by atomic mass is 10.1. The third-order valence-corrected chi connectivity index (χ3v) is 2.32. The molecule has 0 fully saturated rings. The van der Waals surface area contributed by atoms with Gasteiger partial charge in [-0.2, -0.15) is 0 Å². The van der Waals surface area contributed by atoms with Crippen LogP contribution >= 0.6 is 0 Å². The van der Waals surface area contributed by atoms with Gasteiger partial charge in [-0.15, -0.1) is 0 Å². The molecule has 0 bridgehead atoms. The maximum absolute atomic E-state index is 10.9. The van der Waals surface area contributed by atoms with E-state index >= 15 is 0 Å². The summed E-state index contributed by atoms with van der Waals surface area (Å²) in [7, 11) is 0. The van der Waals surface area contributed by atoms with E-state index in [4.69, 9.17) is 0 Å². The van der Waals surface area contributed by atoms with Crippen molar-refractivity contribution >= 4 is 5.97 Å². The van der Waals surface area contributed by atoms with Crippen LogP contribution in [0, 0.1) is 0 Å². The van der Waals surface area contributed by atoms with E-state index in [2.05, 4.69) is 4.98 Å². The van der Waals surface area contributed by atoms with E-state index in [0.717, 1.165) is 5.56 Å². The van der Waals surface area contributed by atoms with Crippen LogP contribution in [-0.4, -0.2) is 11.0 Å². The number of benzene rings is 1. The number of aromatic nitrogens is 1. The van der Waals surface area contributed by atoms with Crippen LogP contribution in [0.5, 0.6) is 0 Å². The first kappa shape index (κ1) is 10.4. The Labute approximate surface area is 93.4 Å². The number of aromatic carboxylic acids is 1. The van der Waals surface area contributed by atoms with E-state index in [1.54, 1.807) is 12.3 Å². The van der Waals surface area contributed by atoms with Gasteiger partial charge < -0.3 is 9.90 Å². The zero-order chi connectivity index (χ0) is 11.4. The number of rotatable bonds is 3. The first-order valence-electron chi connectivity index (χ1n) is 4.96. The topological polar surface area (TPSA) is 53.0 Å². The molecule has 0 unspecified atom stereocenters. The predicted octanol–water partition coefficient (Wildman–Crippen LogP) is 1.04. The van der Waals surface area contributed by atoms with Crippen molar-refractivity contribution < 1.29 is 9.90 Å². The van der Waals surface area contributed by atoms with Gasteiger partial charge in [0.25, 0.3) is 0 Å². The Hall–Kier alpha value is -2.16. The summed E-state index contributed by atoms with van der Waals surface area (Å²) in [4.78, 5) is 14.9. The second-order valence-electron chi connectivity index (χ2n) is 3.45. The number of nitrogens with zero attached hydrogens (tertiary/aromatic N) is 1. The molecule has 1 aromatic heterocycles. The molecule has 2 rings (SSSR count). The van der Waals surface area contributed by atoms with Crippen molar-refractivity contribution in [3.05, 3.63) is 65.5 Å². The van der Waals surface area contributed by atoms with Crippen molar-refractivity contribution in [2.45, 2.75) is 6.42 Å². The molecule has 0 N–H and O–H groups in total. The van der Waals surface area contributed by atoms with Crippen molar-refractivity contribution in [1.82, 2.24) is 4.98 Å². The molecule has 1 heterocycles. The van der Waals surface area contributed by atoms with Crippen LogP contribution in [0.2, 0.25) is 0 Å². The third kappa shape index (κ3) is 2.25.